The number of guanidine groups is 1. The Bertz CT molecular complexity index is 562. The molecule has 1 aromatic heterocycles. The second-order valence-electron chi connectivity index (χ2n) is 4.97. The van der Waals surface area contributed by atoms with Crippen LogP contribution in [0.3, 0.4) is 0 Å². The number of nitrogens with zero attached hydrogens (tertiary/aromatic N) is 2. The first kappa shape index (κ1) is 15.8. The number of aliphatic imine (C=N–C) groups is 1. The molecule has 0 spiro atoms. The number of furan rings is 1. The molecule has 7 nitrogen and oxygen atoms in total. The Morgan fingerprint density at radius 3 is 2.81 bits per heavy atom. The molecule has 118 valence electrons. The number of nitrogens with one attached hydrogen (secondary N) is 2. The molecule has 0 saturated carbocycles. The Kier molecular flexibility index (Phi) is 5.24. The molecule has 1 aromatic rings. The molecule has 0 aliphatic carbocycles. The maximum atomic E-state index is 11.6. The molecule has 1 fully saturated rings. The highest BCUT2D eigenvalue weighted by Gasteiger charge is 2.34. The molecule has 0 aromatic carbocycles. The number of rotatable bonds is 6. The van der Waals surface area contributed by atoms with E-state index in [4.69, 9.17) is 4.42 Å². The quantitative estimate of drug-likeness (QED) is 0.580. The van der Waals surface area contributed by atoms with Gasteiger partial charge in [0.2, 0.25) is 10.0 Å². The van der Waals surface area contributed by atoms with Crippen LogP contribution in [-0.4, -0.2) is 51.1 Å². The third-order valence-corrected chi connectivity index (χ3v) is 5.29. The maximum absolute atomic E-state index is 11.6. The molecular formula is C13H22N4O3S. The van der Waals surface area contributed by atoms with Crippen molar-refractivity contribution in [2.24, 2.45) is 10.9 Å². The monoisotopic (exact) mass is 314 g/mol. The lowest BCUT2D eigenvalue weighted by Gasteiger charge is -2.38. The minimum atomic E-state index is -3.03. The first-order valence-electron chi connectivity index (χ1n) is 7.00. The van der Waals surface area contributed by atoms with Gasteiger partial charge in [-0.2, -0.15) is 0 Å². The number of hydrogen-bond acceptors (Lipinski definition) is 4. The molecule has 1 saturated heterocycles. The minimum Gasteiger partial charge on any atom is -0.467 e. The fraction of sp³-hybridized carbons (Fsp3) is 0.615. The Morgan fingerprint density at radius 1 is 1.48 bits per heavy atom. The second kappa shape index (κ2) is 6.95. The van der Waals surface area contributed by atoms with Gasteiger partial charge in [0.15, 0.2) is 5.96 Å². The Labute approximate surface area is 125 Å². The molecule has 2 rings (SSSR count). The van der Waals surface area contributed by atoms with Gasteiger partial charge in [0.1, 0.15) is 5.76 Å². The van der Waals surface area contributed by atoms with Gasteiger partial charge in [0, 0.05) is 32.6 Å². The summed E-state index contributed by atoms with van der Waals surface area (Å²) in [5.41, 5.74) is 0. The predicted molar refractivity (Wildman–Crippen MR) is 81.4 cm³/mol. The van der Waals surface area contributed by atoms with Gasteiger partial charge in [-0.25, -0.2) is 12.7 Å². The van der Waals surface area contributed by atoms with Gasteiger partial charge in [-0.15, -0.1) is 0 Å². The first-order chi connectivity index (χ1) is 10.0. The predicted octanol–water partition coefficient (Wildman–Crippen LogP) is 0.226. The van der Waals surface area contributed by atoms with Crippen LogP contribution < -0.4 is 10.6 Å². The van der Waals surface area contributed by atoms with Crippen molar-refractivity contribution in [3.05, 3.63) is 24.2 Å². The van der Waals surface area contributed by atoms with Crippen LogP contribution in [0, 0.1) is 5.92 Å². The average molecular weight is 314 g/mol. The molecule has 0 atom stereocenters. The van der Waals surface area contributed by atoms with Crippen LogP contribution in [0.1, 0.15) is 12.7 Å². The average Bonchev–Trinajstić information content (AvgIpc) is 2.93. The van der Waals surface area contributed by atoms with Crippen LogP contribution in [0.25, 0.3) is 0 Å². The maximum Gasteiger partial charge on any atom is 0.213 e. The SMILES string of the molecule is CCS(=O)(=O)N1CC(CNC(=NC)NCc2ccco2)C1. The Balaban J connectivity index is 1.68. The van der Waals surface area contributed by atoms with Crippen molar-refractivity contribution in [3.8, 4) is 0 Å². The van der Waals surface area contributed by atoms with Gasteiger partial charge in [-0.1, -0.05) is 0 Å². The van der Waals surface area contributed by atoms with Gasteiger partial charge >= 0.3 is 0 Å². The van der Waals surface area contributed by atoms with Gasteiger partial charge in [-0.05, 0) is 19.1 Å². The van der Waals surface area contributed by atoms with E-state index in [2.05, 4.69) is 15.6 Å². The van der Waals surface area contributed by atoms with E-state index in [1.54, 1.807) is 20.2 Å². The van der Waals surface area contributed by atoms with Crippen LogP contribution in [0.15, 0.2) is 27.8 Å². The molecule has 0 bridgehead atoms. The lowest BCUT2D eigenvalue weighted by atomic mass is 10.0. The van der Waals surface area contributed by atoms with E-state index in [1.807, 2.05) is 12.1 Å². The van der Waals surface area contributed by atoms with Crippen molar-refractivity contribution in [1.29, 1.82) is 0 Å². The minimum absolute atomic E-state index is 0.166. The van der Waals surface area contributed by atoms with Crippen molar-refractivity contribution in [2.45, 2.75) is 13.5 Å². The second-order valence-corrected chi connectivity index (χ2v) is 7.23. The van der Waals surface area contributed by atoms with E-state index in [-0.39, 0.29) is 5.75 Å². The van der Waals surface area contributed by atoms with Crippen LogP contribution in [0.4, 0.5) is 0 Å². The van der Waals surface area contributed by atoms with Crippen molar-refractivity contribution < 1.29 is 12.8 Å². The number of sulfonamides is 1. The molecule has 0 radical (unpaired) electrons. The summed E-state index contributed by atoms with van der Waals surface area (Å²) in [7, 11) is -1.33. The van der Waals surface area contributed by atoms with Gasteiger partial charge in [0.05, 0.1) is 18.6 Å². The van der Waals surface area contributed by atoms with Crippen LogP contribution in [0.5, 0.6) is 0 Å². The highest BCUT2D eigenvalue weighted by Crippen LogP contribution is 2.18. The van der Waals surface area contributed by atoms with Crippen molar-refractivity contribution in [2.75, 3.05) is 32.4 Å². The van der Waals surface area contributed by atoms with Crippen molar-refractivity contribution in [1.82, 2.24) is 14.9 Å². The zero-order valence-electron chi connectivity index (χ0n) is 12.4. The normalized spacial score (nSPS) is 17.5. The molecule has 1 aliphatic rings. The fourth-order valence-electron chi connectivity index (χ4n) is 2.11. The molecule has 1 aliphatic heterocycles. The molecule has 0 unspecified atom stereocenters. The van der Waals surface area contributed by atoms with E-state index in [0.717, 1.165) is 5.76 Å². The van der Waals surface area contributed by atoms with Gasteiger partial charge in [0.25, 0.3) is 0 Å². The molecular weight excluding hydrogens is 292 g/mol. The third kappa shape index (κ3) is 4.21. The fourth-order valence-corrected chi connectivity index (χ4v) is 3.35. The van der Waals surface area contributed by atoms with E-state index < -0.39 is 10.0 Å². The highest BCUT2D eigenvalue weighted by molar-refractivity contribution is 7.89. The van der Waals surface area contributed by atoms with E-state index in [1.165, 1.54) is 4.31 Å². The standard InChI is InChI=1S/C13H22N4O3S/c1-3-21(18,19)17-9-11(10-17)7-15-13(14-2)16-8-12-5-4-6-20-12/h4-6,11H,3,7-10H2,1-2H3,(H2,14,15,16). The summed E-state index contributed by atoms with van der Waals surface area (Å²) in [6, 6.07) is 3.73. The molecule has 21 heavy (non-hydrogen) atoms. The van der Waals surface area contributed by atoms with E-state index >= 15 is 0 Å². The van der Waals surface area contributed by atoms with Crippen molar-refractivity contribution >= 4 is 16.0 Å². The molecule has 2 heterocycles. The smallest absolute Gasteiger partial charge is 0.213 e. The van der Waals surface area contributed by atoms with Crippen LogP contribution in [0.2, 0.25) is 0 Å². The summed E-state index contributed by atoms with van der Waals surface area (Å²) in [6.45, 7) is 4.10. The summed E-state index contributed by atoms with van der Waals surface area (Å²) in [5.74, 6) is 2.01. The first-order valence-corrected chi connectivity index (χ1v) is 8.60. The lowest BCUT2D eigenvalue weighted by Crippen LogP contribution is -2.54. The van der Waals surface area contributed by atoms with Gasteiger partial charge < -0.3 is 15.1 Å². The highest BCUT2D eigenvalue weighted by atomic mass is 32.2. The Hall–Kier alpha value is -1.54. The zero-order chi connectivity index (χ0) is 15.3. The van der Waals surface area contributed by atoms with Crippen LogP contribution in [-0.2, 0) is 16.6 Å². The molecule has 2 N–H and O–H groups in total. The topological polar surface area (TPSA) is 86.9 Å². The van der Waals surface area contributed by atoms with Crippen molar-refractivity contribution in [3.63, 3.8) is 0 Å². The van der Waals surface area contributed by atoms with Crippen LogP contribution >= 0.6 is 0 Å². The zero-order valence-corrected chi connectivity index (χ0v) is 13.2. The third-order valence-electron chi connectivity index (χ3n) is 3.47. The van der Waals surface area contributed by atoms with E-state index in [9.17, 15) is 8.42 Å². The number of hydrogen-bond donors (Lipinski definition) is 2. The lowest BCUT2D eigenvalue weighted by molar-refractivity contribution is 0.202. The summed E-state index contributed by atoms with van der Waals surface area (Å²) >= 11 is 0. The molecule has 8 heteroatoms. The summed E-state index contributed by atoms with van der Waals surface area (Å²) in [6.07, 6.45) is 1.63. The summed E-state index contributed by atoms with van der Waals surface area (Å²) in [4.78, 5) is 4.12. The summed E-state index contributed by atoms with van der Waals surface area (Å²) in [5, 5.41) is 6.34. The largest absolute Gasteiger partial charge is 0.467 e. The van der Waals surface area contributed by atoms with Gasteiger partial charge in [-0.3, -0.25) is 4.99 Å². The summed E-state index contributed by atoms with van der Waals surface area (Å²) < 4.78 is 30.0. The van der Waals surface area contributed by atoms with E-state index in [0.29, 0.717) is 38.1 Å². The molecule has 0 amide bonds. The Morgan fingerprint density at radius 2 is 2.24 bits per heavy atom.